The highest BCUT2D eigenvalue weighted by Gasteiger charge is 2.18. The zero-order valence-electron chi connectivity index (χ0n) is 13.6. The molecule has 2 aromatic rings. The van der Waals surface area contributed by atoms with Crippen molar-refractivity contribution in [1.82, 2.24) is 14.9 Å². The van der Waals surface area contributed by atoms with Crippen LogP contribution in [-0.4, -0.2) is 39.2 Å². The summed E-state index contributed by atoms with van der Waals surface area (Å²) in [5, 5.41) is 12.8. The number of aliphatic hydroxyl groups excluding tert-OH is 1. The highest BCUT2D eigenvalue weighted by atomic mass is 32.1. The van der Waals surface area contributed by atoms with Gasteiger partial charge in [0.05, 0.1) is 12.3 Å². The average Bonchev–Trinajstić information content (AvgIpc) is 2.83. The SMILES string of the molecule is O=C(Nc1nc2c(s1)CCCCC2)N(CCO)Cc1cccnc1. The average molecular weight is 346 g/mol. The van der Waals surface area contributed by atoms with Gasteiger partial charge in [0.15, 0.2) is 5.13 Å². The standard InChI is InChI=1S/C17H22N4O2S/c22-10-9-21(12-13-5-4-8-18-11-13)17(23)20-16-19-14-6-2-1-3-7-15(14)24-16/h4-5,8,11,22H,1-3,6-7,9-10,12H2,(H,19,20,23). The Balaban J connectivity index is 1.67. The molecule has 2 aromatic heterocycles. The summed E-state index contributed by atoms with van der Waals surface area (Å²) >= 11 is 1.57. The molecule has 0 spiro atoms. The third-order valence-electron chi connectivity index (χ3n) is 4.06. The molecule has 7 heteroatoms. The molecule has 0 aromatic carbocycles. The quantitative estimate of drug-likeness (QED) is 0.816. The Morgan fingerprint density at radius 3 is 3.00 bits per heavy atom. The monoisotopic (exact) mass is 346 g/mol. The minimum absolute atomic E-state index is 0.0813. The summed E-state index contributed by atoms with van der Waals surface area (Å²) in [4.78, 5) is 24.1. The molecule has 1 aliphatic carbocycles. The summed E-state index contributed by atoms with van der Waals surface area (Å²) in [6.07, 6.45) is 9.09. The van der Waals surface area contributed by atoms with E-state index in [9.17, 15) is 9.90 Å². The van der Waals surface area contributed by atoms with Crippen LogP contribution in [0.4, 0.5) is 9.93 Å². The van der Waals surface area contributed by atoms with Gasteiger partial charge in [0, 0.05) is 30.4 Å². The maximum atomic E-state index is 12.5. The molecule has 128 valence electrons. The lowest BCUT2D eigenvalue weighted by molar-refractivity contribution is 0.185. The van der Waals surface area contributed by atoms with E-state index < -0.39 is 0 Å². The van der Waals surface area contributed by atoms with E-state index in [1.165, 1.54) is 24.1 Å². The lowest BCUT2D eigenvalue weighted by Gasteiger charge is -2.21. The summed E-state index contributed by atoms with van der Waals surface area (Å²) in [6, 6.07) is 3.51. The first-order valence-corrected chi connectivity index (χ1v) is 9.12. The van der Waals surface area contributed by atoms with Crippen LogP contribution in [0.1, 0.15) is 35.4 Å². The van der Waals surface area contributed by atoms with Crippen molar-refractivity contribution in [1.29, 1.82) is 0 Å². The molecule has 0 saturated heterocycles. The fourth-order valence-corrected chi connectivity index (χ4v) is 3.88. The molecule has 6 nitrogen and oxygen atoms in total. The van der Waals surface area contributed by atoms with Crippen LogP contribution >= 0.6 is 11.3 Å². The van der Waals surface area contributed by atoms with E-state index in [1.807, 2.05) is 12.1 Å². The number of nitrogens with one attached hydrogen (secondary N) is 1. The first-order valence-electron chi connectivity index (χ1n) is 8.30. The maximum Gasteiger partial charge on any atom is 0.324 e. The smallest absolute Gasteiger partial charge is 0.324 e. The van der Waals surface area contributed by atoms with Crippen LogP contribution in [0.25, 0.3) is 0 Å². The lowest BCUT2D eigenvalue weighted by atomic mass is 10.2. The van der Waals surface area contributed by atoms with Crippen LogP contribution in [0.15, 0.2) is 24.5 Å². The van der Waals surface area contributed by atoms with E-state index >= 15 is 0 Å². The molecule has 1 aliphatic rings. The van der Waals surface area contributed by atoms with Gasteiger partial charge >= 0.3 is 6.03 Å². The number of urea groups is 1. The minimum Gasteiger partial charge on any atom is -0.395 e. The predicted molar refractivity (Wildman–Crippen MR) is 94.1 cm³/mol. The number of aromatic nitrogens is 2. The van der Waals surface area contributed by atoms with Crippen LogP contribution < -0.4 is 5.32 Å². The van der Waals surface area contributed by atoms with Crippen molar-refractivity contribution in [2.45, 2.75) is 38.6 Å². The number of aryl methyl sites for hydroxylation is 2. The van der Waals surface area contributed by atoms with Crippen molar-refractivity contribution in [2.75, 3.05) is 18.5 Å². The second kappa shape index (κ2) is 8.21. The number of carbonyl (C=O) groups is 1. The molecule has 2 N–H and O–H groups in total. The zero-order valence-corrected chi connectivity index (χ0v) is 14.4. The van der Waals surface area contributed by atoms with Crippen molar-refractivity contribution in [3.8, 4) is 0 Å². The van der Waals surface area contributed by atoms with Crippen LogP contribution in [0.5, 0.6) is 0 Å². The third kappa shape index (κ3) is 4.30. The topological polar surface area (TPSA) is 78.4 Å². The van der Waals surface area contributed by atoms with Crippen molar-refractivity contribution in [3.05, 3.63) is 40.7 Å². The Morgan fingerprint density at radius 2 is 2.21 bits per heavy atom. The molecule has 0 fully saturated rings. The second-order valence-corrected chi connectivity index (χ2v) is 6.97. The predicted octanol–water partition coefficient (Wildman–Crippen LogP) is 2.83. The number of carbonyl (C=O) groups excluding carboxylic acids is 1. The molecular weight excluding hydrogens is 324 g/mol. The molecule has 0 aliphatic heterocycles. The number of anilines is 1. The molecule has 3 rings (SSSR count). The maximum absolute atomic E-state index is 12.5. The number of aliphatic hydroxyl groups is 1. The second-order valence-electron chi connectivity index (χ2n) is 5.89. The number of hydrogen-bond donors (Lipinski definition) is 2. The number of pyridine rings is 1. The van der Waals surface area contributed by atoms with Gasteiger partial charge in [-0.15, -0.1) is 11.3 Å². The van der Waals surface area contributed by atoms with Crippen molar-refractivity contribution < 1.29 is 9.90 Å². The van der Waals surface area contributed by atoms with Gasteiger partial charge in [0.2, 0.25) is 0 Å². The Kier molecular flexibility index (Phi) is 5.77. The van der Waals surface area contributed by atoms with Crippen LogP contribution in [0.3, 0.4) is 0 Å². The first kappa shape index (κ1) is 16.9. The summed E-state index contributed by atoms with van der Waals surface area (Å²) < 4.78 is 0. The van der Waals surface area contributed by atoms with Gasteiger partial charge in [-0.2, -0.15) is 0 Å². The molecule has 2 heterocycles. The Morgan fingerprint density at radius 1 is 1.33 bits per heavy atom. The number of thiazole rings is 1. The zero-order chi connectivity index (χ0) is 16.8. The van der Waals surface area contributed by atoms with Gasteiger partial charge in [0.25, 0.3) is 0 Å². The molecular formula is C17H22N4O2S. The van der Waals surface area contributed by atoms with E-state index in [4.69, 9.17) is 0 Å². The first-order chi connectivity index (χ1) is 11.8. The summed E-state index contributed by atoms with van der Waals surface area (Å²) in [5.41, 5.74) is 2.06. The third-order valence-corrected chi connectivity index (χ3v) is 5.14. The Hall–Kier alpha value is -1.99. The van der Waals surface area contributed by atoms with E-state index in [2.05, 4.69) is 15.3 Å². The lowest BCUT2D eigenvalue weighted by Crippen LogP contribution is -2.36. The fourth-order valence-electron chi connectivity index (χ4n) is 2.84. The molecule has 0 atom stereocenters. The van der Waals surface area contributed by atoms with Crippen LogP contribution in [0, 0.1) is 0 Å². The van der Waals surface area contributed by atoms with Gasteiger partial charge in [-0.25, -0.2) is 9.78 Å². The molecule has 2 amide bonds. The van der Waals surface area contributed by atoms with E-state index in [1.54, 1.807) is 28.6 Å². The molecule has 24 heavy (non-hydrogen) atoms. The van der Waals surface area contributed by atoms with Crippen molar-refractivity contribution in [2.24, 2.45) is 0 Å². The highest BCUT2D eigenvalue weighted by Crippen LogP contribution is 2.29. The van der Waals surface area contributed by atoms with Gasteiger partial charge < -0.3 is 10.0 Å². The molecule has 0 bridgehead atoms. The number of fused-ring (bicyclic) bond motifs is 1. The number of nitrogens with zero attached hydrogens (tertiary/aromatic N) is 3. The fraction of sp³-hybridized carbons (Fsp3) is 0.471. The largest absolute Gasteiger partial charge is 0.395 e. The number of amides is 2. The summed E-state index contributed by atoms with van der Waals surface area (Å²) in [6.45, 7) is 0.596. The van der Waals surface area contributed by atoms with Gasteiger partial charge in [-0.3, -0.25) is 10.3 Å². The summed E-state index contributed by atoms with van der Waals surface area (Å²) in [7, 11) is 0. The minimum atomic E-state index is -0.239. The normalized spacial score (nSPS) is 13.9. The van der Waals surface area contributed by atoms with E-state index in [0.717, 1.165) is 24.1 Å². The highest BCUT2D eigenvalue weighted by molar-refractivity contribution is 7.15. The molecule has 0 unspecified atom stereocenters. The van der Waals surface area contributed by atoms with Gasteiger partial charge in [0.1, 0.15) is 0 Å². The van der Waals surface area contributed by atoms with Crippen molar-refractivity contribution >= 4 is 22.5 Å². The van der Waals surface area contributed by atoms with E-state index in [-0.39, 0.29) is 19.2 Å². The summed E-state index contributed by atoms with van der Waals surface area (Å²) in [5.74, 6) is 0. The van der Waals surface area contributed by atoms with E-state index in [0.29, 0.717) is 11.7 Å². The molecule has 0 saturated carbocycles. The molecule has 0 radical (unpaired) electrons. The van der Waals surface area contributed by atoms with Crippen LogP contribution in [-0.2, 0) is 19.4 Å². The number of hydrogen-bond acceptors (Lipinski definition) is 5. The van der Waals surface area contributed by atoms with Gasteiger partial charge in [-0.1, -0.05) is 12.5 Å². The van der Waals surface area contributed by atoms with Crippen molar-refractivity contribution in [3.63, 3.8) is 0 Å². The Bertz CT molecular complexity index is 651. The Labute approximate surface area is 145 Å². The van der Waals surface area contributed by atoms with Crippen LogP contribution in [0.2, 0.25) is 0 Å². The number of rotatable bonds is 5. The van der Waals surface area contributed by atoms with Gasteiger partial charge in [-0.05, 0) is 37.3 Å².